The Balaban J connectivity index is 1.35. The maximum atomic E-state index is 14.2. The molecule has 0 aliphatic rings. The summed E-state index contributed by atoms with van der Waals surface area (Å²) in [6.07, 6.45) is 2.89. The van der Waals surface area contributed by atoms with Gasteiger partial charge in [0.2, 0.25) is 5.88 Å². The molecule has 0 bridgehead atoms. The first kappa shape index (κ1) is 31.1. The normalized spacial score (nSPS) is 10.9. The standard InChI is InChI=1S/C35H32FN3O6/c1-2-43-34(40)13-4-3-7-18-44-30-17-16-24-19-27(15-14-25(24)21-30)35-37-32(26-10-8-11-29(20-26)39(41)42)22-33(38-35)45-23-28-9-5-6-12-31(28)36/h5-6,8-12,14-17,19-22H,2-4,7,13,18,23H2,1H3. The van der Waals surface area contributed by atoms with Crippen molar-refractivity contribution in [2.45, 2.75) is 39.2 Å². The van der Waals surface area contributed by atoms with E-state index in [1.165, 1.54) is 18.2 Å². The Morgan fingerprint density at radius 1 is 0.844 bits per heavy atom. The number of fused-ring (bicyclic) bond motifs is 1. The van der Waals surface area contributed by atoms with Gasteiger partial charge in [-0.2, -0.15) is 4.98 Å². The predicted octanol–water partition coefficient (Wildman–Crippen LogP) is 8.09. The Morgan fingerprint density at radius 2 is 1.67 bits per heavy atom. The number of halogens is 1. The summed E-state index contributed by atoms with van der Waals surface area (Å²) in [5, 5.41) is 13.3. The van der Waals surface area contributed by atoms with E-state index in [1.54, 1.807) is 43.3 Å². The average Bonchev–Trinajstić information content (AvgIpc) is 3.05. The van der Waals surface area contributed by atoms with Crippen LogP contribution in [0.3, 0.4) is 0 Å². The average molecular weight is 610 g/mol. The van der Waals surface area contributed by atoms with Gasteiger partial charge in [0.25, 0.3) is 5.69 Å². The second-order valence-corrected chi connectivity index (χ2v) is 10.3. The highest BCUT2D eigenvalue weighted by Crippen LogP contribution is 2.30. The highest BCUT2D eigenvalue weighted by molar-refractivity contribution is 5.87. The van der Waals surface area contributed by atoms with Gasteiger partial charge in [-0.15, -0.1) is 0 Å². The van der Waals surface area contributed by atoms with E-state index in [9.17, 15) is 19.3 Å². The molecule has 10 heteroatoms. The lowest BCUT2D eigenvalue weighted by atomic mass is 10.1. The van der Waals surface area contributed by atoms with E-state index in [2.05, 4.69) is 4.98 Å². The van der Waals surface area contributed by atoms with Crippen molar-refractivity contribution in [3.05, 3.63) is 112 Å². The predicted molar refractivity (Wildman–Crippen MR) is 168 cm³/mol. The van der Waals surface area contributed by atoms with Crippen molar-refractivity contribution in [1.29, 1.82) is 0 Å². The number of nitrogens with zero attached hydrogens (tertiary/aromatic N) is 3. The Labute approximate surface area is 259 Å². The van der Waals surface area contributed by atoms with Crippen LogP contribution >= 0.6 is 0 Å². The molecule has 0 radical (unpaired) electrons. The van der Waals surface area contributed by atoms with Gasteiger partial charge in [-0.05, 0) is 61.2 Å². The van der Waals surface area contributed by atoms with Gasteiger partial charge in [-0.25, -0.2) is 9.37 Å². The summed E-state index contributed by atoms with van der Waals surface area (Å²) in [6, 6.07) is 25.7. The van der Waals surface area contributed by atoms with Crippen LogP contribution in [-0.2, 0) is 16.1 Å². The van der Waals surface area contributed by atoms with Crippen LogP contribution in [0.25, 0.3) is 33.4 Å². The zero-order chi connectivity index (χ0) is 31.6. The second-order valence-electron chi connectivity index (χ2n) is 10.3. The van der Waals surface area contributed by atoms with E-state index in [0.29, 0.717) is 47.8 Å². The third-order valence-corrected chi connectivity index (χ3v) is 7.06. The van der Waals surface area contributed by atoms with Crippen LogP contribution < -0.4 is 9.47 Å². The van der Waals surface area contributed by atoms with Crippen LogP contribution in [0.5, 0.6) is 11.6 Å². The Kier molecular flexibility index (Phi) is 10.3. The molecular weight excluding hydrogens is 577 g/mol. The maximum Gasteiger partial charge on any atom is 0.305 e. The van der Waals surface area contributed by atoms with Gasteiger partial charge >= 0.3 is 5.97 Å². The van der Waals surface area contributed by atoms with Crippen molar-refractivity contribution in [3.8, 4) is 34.3 Å². The minimum Gasteiger partial charge on any atom is -0.494 e. The zero-order valence-corrected chi connectivity index (χ0v) is 24.8. The van der Waals surface area contributed by atoms with Crippen molar-refractivity contribution < 1.29 is 28.3 Å². The molecular formula is C35H32FN3O6. The Bertz CT molecular complexity index is 1810. The van der Waals surface area contributed by atoms with Crippen LogP contribution in [-0.4, -0.2) is 34.1 Å². The Morgan fingerprint density at radius 3 is 2.49 bits per heavy atom. The van der Waals surface area contributed by atoms with Crippen LogP contribution in [0.4, 0.5) is 10.1 Å². The molecule has 0 amide bonds. The van der Waals surface area contributed by atoms with E-state index >= 15 is 0 Å². The summed E-state index contributed by atoms with van der Waals surface area (Å²) in [5.41, 5.74) is 1.96. The van der Waals surface area contributed by atoms with E-state index < -0.39 is 10.7 Å². The quantitative estimate of drug-likeness (QED) is 0.0537. The molecule has 1 aromatic heterocycles. The number of carbonyl (C=O) groups excluding carboxylic acids is 1. The lowest BCUT2D eigenvalue weighted by Crippen LogP contribution is -2.04. The number of unbranched alkanes of at least 4 members (excludes halogenated alkanes) is 2. The molecule has 230 valence electrons. The number of non-ortho nitro benzene ring substituents is 1. The first-order chi connectivity index (χ1) is 21.9. The first-order valence-electron chi connectivity index (χ1n) is 14.7. The van der Waals surface area contributed by atoms with Crippen molar-refractivity contribution in [1.82, 2.24) is 9.97 Å². The summed E-state index contributed by atoms with van der Waals surface area (Å²) in [7, 11) is 0. The molecule has 9 nitrogen and oxygen atoms in total. The summed E-state index contributed by atoms with van der Waals surface area (Å²) in [6.45, 7) is 2.69. The minimum atomic E-state index is -0.464. The van der Waals surface area contributed by atoms with Gasteiger partial charge in [-0.3, -0.25) is 14.9 Å². The number of nitro groups is 1. The molecule has 0 atom stereocenters. The molecule has 0 saturated carbocycles. The molecule has 4 aromatic carbocycles. The first-order valence-corrected chi connectivity index (χ1v) is 14.7. The fraction of sp³-hybridized carbons (Fsp3) is 0.229. The number of esters is 1. The van der Waals surface area contributed by atoms with Crippen LogP contribution in [0.2, 0.25) is 0 Å². The third kappa shape index (κ3) is 8.38. The summed E-state index contributed by atoms with van der Waals surface area (Å²) in [5.74, 6) is 0.745. The van der Waals surface area contributed by atoms with Crippen LogP contribution in [0, 0.1) is 15.9 Å². The van der Waals surface area contributed by atoms with Crippen molar-refractivity contribution in [2.75, 3.05) is 13.2 Å². The van der Waals surface area contributed by atoms with Crippen LogP contribution in [0.15, 0.2) is 91.0 Å². The number of nitro benzene ring substituents is 1. The molecule has 5 aromatic rings. The summed E-state index contributed by atoms with van der Waals surface area (Å²) < 4.78 is 31.0. The van der Waals surface area contributed by atoms with E-state index in [-0.39, 0.29) is 24.1 Å². The molecule has 0 aliphatic carbocycles. The molecule has 1 heterocycles. The molecule has 0 unspecified atom stereocenters. The monoisotopic (exact) mass is 609 g/mol. The third-order valence-electron chi connectivity index (χ3n) is 7.06. The molecule has 45 heavy (non-hydrogen) atoms. The number of hydrogen-bond acceptors (Lipinski definition) is 8. The van der Waals surface area contributed by atoms with E-state index in [4.69, 9.17) is 19.2 Å². The molecule has 0 fully saturated rings. The Hall–Kier alpha value is -5.38. The number of hydrogen-bond donors (Lipinski definition) is 0. The van der Waals surface area contributed by atoms with E-state index in [0.717, 1.165) is 35.8 Å². The molecule has 0 saturated heterocycles. The highest BCUT2D eigenvalue weighted by atomic mass is 19.1. The van der Waals surface area contributed by atoms with Gasteiger partial charge in [0.1, 0.15) is 18.2 Å². The van der Waals surface area contributed by atoms with Gasteiger partial charge in [0.15, 0.2) is 5.82 Å². The van der Waals surface area contributed by atoms with Gasteiger partial charge in [0.05, 0.1) is 23.8 Å². The second kappa shape index (κ2) is 14.9. The van der Waals surface area contributed by atoms with Crippen LogP contribution in [0.1, 0.15) is 38.2 Å². The molecule has 0 spiro atoms. The molecule has 0 N–H and O–H groups in total. The summed E-state index contributed by atoms with van der Waals surface area (Å²) in [4.78, 5) is 31.7. The maximum absolute atomic E-state index is 14.2. The van der Waals surface area contributed by atoms with Gasteiger partial charge in [0, 0.05) is 41.3 Å². The fourth-order valence-electron chi connectivity index (χ4n) is 4.75. The van der Waals surface area contributed by atoms with Crippen molar-refractivity contribution in [3.63, 3.8) is 0 Å². The van der Waals surface area contributed by atoms with Crippen molar-refractivity contribution >= 4 is 22.4 Å². The van der Waals surface area contributed by atoms with Gasteiger partial charge in [-0.1, -0.05) is 48.5 Å². The largest absolute Gasteiger partial charge is 0.494 e. The highest BCUT2D eigenvalue weighted by Gasteiger charge is 2.14. The lowest BCUT2D eigenvalue weighted by Gasteiger charge is -2.12. The van der Waals surface area contributed by atoms with Crippen molar-refractivity contribution in [2.24, 2.45) is 0 Å². The molecule has 0 aliphatic heterocycles. The summed E-state index contributed by atoms with van der Waals surface area (Å²) >= 11 is 0. The molecule has 5 rings (SSSR count). The lowest BCUT2D eigenvalue weighted by molar-refractivity contribution is -0.384. The number of aromatic nitrogens is 2. The number of benzene rings is 4. The fourth-order valence-corrected chi connectivity index (χ4v) is 4.75. The van der Waals surface area contributed by atoms with E-state index in [1.807, 2.05) is 36.4 Å². The SMILES string of the molecule is CCOC(=O)CCCCCOc1ccc2cc(-c3nc(OCc4ccccc4F)cc(-c4cccc([N+](=O)[O-])c4)n3)ccc2c1. The smallest absolute Gasteiger partial charge is 0.305 e. The minimum absolute atomic E-state index is 0.0522. The number of carbonyl (C=O) groups is 1. The van der Waals surface area contributed by atoms with Gasteiger partial charge < -0.3 is 14.2 Å². The topological polar surface area (TPSA) is 114 Å². The number of rotatable bonds is 14. The zero-order valence-electron chi connectivity index (χ0n) is 24.8. The number of ether oxygens (including phenoxy) is 3.